The molecule has 1 heterocycles. The minimum Gasteiger partial charge on any atom is -0.360 e. The fourth-order valence-corrected chi connectivity index (χ4v) is 1.28. The molecule has 8 heavy (non-hydrogen) atoms. The highest BCUT2D eigenvalue weighted by Gasteiger charge is 2.15. The zero-order chi connectivity index (χ0) is 5.98. The van der Waals surface area contributed by atoms with Crippen LogP contribution in [0.2, 0.25) is 0 Å². The molecule has 1 nitrogen and oxygen atoms in total. The molecule has 1 aliphatic rings. The number of alkyl halides is 1. The summed E-state index contributed by atoms with van der Waals surface area (Å²) in [5, 5.41) is 0. The number of rotatable bonds is 0. The summed E-state index contributed by atoms with van der Waals surface area (Å²) in [5.41, 5.74) is -0.0150. The maximum absolute atomic E-state index is 5.69. The van der Waals surface area contributed by atoms with Crippen molar-refractivity contribution >= 4 is 11.6 Å². The van der Waals surface area contributed by atoms with Crippen LogP contribution in [-0.2, 0) is 4.74 Å². The molecular formula is C6H11ClO. The molecule has 1 rings (SSSR count). The van der Waals surface area contributed by atoms with E-state index in [1.807, 2.05) is 0 Å². The highest BCUT2D eigenvalue weighted by molar-refractivity contribution is 6.19. The highest BCUT2D eigenvalue weighted by Crippen LogP contribution is 2.20. The van der Waals surface area contributed by atoms with Crippen LogP contribution < -0.4 is 0 Å². The Kier molecular flexibility index (Phi) is 2.15. The SMILES string of the molecule is CC1CCCC(Cl)O1. The van der Waals surface area contributed by atoms with E-state index < -0.39 is 0 Å². The first-order valence-corrected chi connectivity index (χ1v) is 3.52. The van der Waals surface area contributed by atoms with Gasteiger partial charge in [0.05, 0.1) is 6.10 Å². The van der Waals surface area contributed by atoms with Crippen LogP contribution in [0.5, 0.6) is 0 Å². The monoisotopic (exact) mass is 134 g/mol. The van der Waals surface area contributed by atoms with Crippen LogP contribution >= 0.6 is 11.6 Å². The van der Waals surface area contributed by atoms with E-state index in [0.717, 1.165) is 6.42 Å². The van der Waals surface area contributed by atoms with Gasteiger partial charge in [-0.25, -0.2) is 0 Å². The molecule has 0 aliphatic carbocycles. The molecule has 0 saturated carbocycles. The summed E-state index contributed by atoms with van der Waals surface area (Å²) in [4.78, 5) is 0. The second kappa shape index (κ2) is 2.70. The van der Waals surface area contributed by atoms with Crippen molar-refractivity contribution in [2.24, 2.45) is 0 Å². The second-order valence-electron chi connectivity index (χ2n) is 2.29. The van der Waals surface area contributed by atoms with Gasteiger partial charge in [-0.1, -0.05) is 11.6 Å². The first kappa shape index (κ1) is 6.37. The van der Waals surface area contributed by atoms with Crippen molar-refractivity contribution in [3.8, 4) is 0 Å². The predicted octanol–water partition coefficient (Wildman–Crippen LogP) is 2.14. The number of halogens is 1. The molecule has 0 spiro atoms. The normalized spacial score (nSPS) is 39.8. The van der Waals surface area contributed by atoms with Crippen LogP contribution in [0.1, 0.15) is 26.2 Å². The Bertz CT molecular complexity index is 66.9. The molecule has 0 bridgehead atoms. The van der Waals surface area contributed by atoms with E-state index in [4.69, 9.17) is 16.3 Å². The van der Waals surface area contributed by atoms with Gasteiger partial charge >= 0.3 is 0 Å². The van der Waals surface area contributed by atoms with Gasteiger partial charge in [-0.05, 0) is 26.2 Å². The van der Waals surface area contributed by atoms with Crippen LogP contribution in [-0.4, -0.2) is 11.7 Å². The molecule has 2 unspecified atom stereocenters. The lowest BCUT2D eigenvalue weighted by Gasteiger charge is -2.22. The van der Waals surface area contributed by atoms with E-state index in [0.29, 0.717) is 6.10 Å². The molecule has 0 aromatic heterocycles. The first-order valence-electron chi connectivity index (χ1n) is 3.08. The minimum absolute atomic E-state index is 0.0150. The van der Waals surface area contributed by atoms with Gasteiger partial charge in [0.25, 0.3) is 0 Å². The van der Waals surface area contributed by atoms with Gasteiger partial charge in [-0.3, -0.25) is 0 Å². The maximum atomic E-state index is 5.69. The summed E-state index contributed by atoms with van der Waals surface area (Å²) in [6.45, 7) is 2.06. The first-order chi connectivity index (χ1) is 3.79. The van der Waals surface area contributed by atoms with E-state index in [2.05, 4.69) is 6.92 Å². The Morgan fingerprint density at radius 3 is 2.62 bits per heavy atom. The molecule has 0 radical (unpaired) electrons. The summed E-state index contributed by atoms with van der Waals surface area (Å²) < 4.78 is 5.25. The van der Waals surface area contributed by atoms with Gasteiger partial charge in [0.2, 0.25) is 0 Å². The van der Waals surface area contributed by atoms with Crippen molar-refractivity contribution in [2.75, 3.05) is 0 Å². The van der Waals surface area contributed by atoms with Crippen LogP contribution in [0.25, 0.3) is 0 Å². The Labute approximate surface area is 55.0 Å². The molecule has 0 aromatic rings. The van der Waals surface area contributed by atoms with Crippen molar-refractivity contribution in [3.05, 3.63) is 0 Å². The molecule has 48 valence electrons. The quantitative estimate of drug-likeness (QED) is 0.462. The Morgan fingerprint density at radius 1 is 1.50 bits per heavy atom. The van der Waals surface area contributed by atoms with Crippen molar-refractivity contribution in [1.82, 2.24) is 0 Å². The van der Waals surface area contributed by atoms with E-state index in [-0.39, 0.29) is 5.56 Å². The molecule has 1 saturated heterocycles. The molecule has 2 heteroatoms. The van der Waals surface area contributed by atoms with Crippen LogP contribution in [0.4, 0.5) is 0 Å². The van der Waals surface area contributed by atoms with Crippen molar-refractivity contribution in [1.29, 1.82) is 0 Å². The lowest BCUT2D eigenvalue weighted by atomic mass is 10.1. The summed E-state index contributed by atoms with van der Waals surface area (Å²) in [6, 6.07) is 0. The van der Waals surface area contributed by atoms with Crippen molar-refractivity contribution in [3.63, 3.8) is 0 Å². The average molecular weight is 135 g/mol. The lowest BCUT2D eigenvalue weighted by molar-refractivity contribution is 0.00387. The Balaban J connectivity index is 2.23. The fourth-order valence-electron chi connectivity index (χ4n) is 0.954. The molecule has 1 aliphatic heterocycles. The Hall–Kier alpha value is 0.250. The average Bonchev–Trinajstić information content (AvgIpc) is 1.64. The fraction of sp³-hybridized carbons (Fsp3) is 1.00. The standard InChI is InChI=1S/C6H11ClO/c1-5-3-2-4-6(7)8-5/h5-6H,2-4H2,1H3. The third-order valence-electron chi connectivity index (χ3n) is 1.42. The summed E-state index contributed by atoms with van der Waals surface area (Å²) in [7, 11) is 0. The lowest BCUT2D eigenvalue weighted by Crippen LogP contribution is -2.20. The van der Waals surface area contributed by atoms with Gasteiger partial charge in [-0.15, -0.1) is 0 Å². The highest BCUT2D eigenvalue weighted by atomic mass is 35.5. The van der Waals surface area contributed by atoms with Gasteiger partial charge in [0, 0.05) is 0 Å². The van der Waals surface area contributed by atoms with Crippen molar-refractivity contribution < 1.29 is 4.74 Å². The van der Waals surface area contributed by atoms with Crippen LogP contribution in [0, 0.1) is 0 Å². The summed E-state index contributed by atoms with van der Waals surface area (Å²) >= 11 is 5.69. The Morgan fingerprint density at radius 2 is 2.25 bits per heavy atom. The molecule has 2 atom stereocenters. The van der Waals surface area contributed by atoms with Crippen LogP contribution in [0.3, 0.4) is 0 Å². The smallest absolute Gasteiger partial charge is 0.131 e. The van der Waals surface area contributed by atoms with Gasteiger partial charge < -0.3 is 4.74 Å². The molecular weight excluding hydrogens is 124 g/mol. The molecule has 0 amide bonds. The summed E-state index contributed by atoms with van der Waals surface area (Å²) in [6.07, 6.45) is 3.79. The third kappa shape index (κ3) is 1.64. The van der Waals surface area contributed by atoms with Gasteiger partial charge in [0.15, 0.2) is 0 Å². The van der Waals surface area contributed by atoms with Gasteiger partial charge in [-0.2, -0.15) is 0 Å². The predicted molar refractivity (Wildman–Crippen MR) is 34.0 cm³/mol. The minimum atomic E-state index is -0.0150. The third-order valence-corrected chi connectivity index (χ3v) is 1.74. The molecule has 0 aromatic carbocycles. The van der Waals surface area contributed by atoms with E-state index in [9.17, 15) is 0 Å². The topological polar surface area (TPSA) is 9.23 Å². The number of hydrogen-bond donors (Lipinski definition) is 0. The second-order valence-corrected chi connectivity index (χ2v) is 2.77. The maximum Gasteiger partial charge on any atom is 0.131 e. The largest absolute Gasteiger partial charge is 0.360 e. The number of hydrogen-bond acceptors (Lipinski definition) is 1. The molecule has 1 fully saturated rings. The van der Waals surface area contributed by atoms with Crippen molar-refractivity contribution in [2.45, 2.75) is 37.9 Å². The van der Waals surface area contributed by atoms with Crippen LogP contribution in [0.15, 0.2) is 0 Å². The zero-order valence-corrected chi connectivity index (χ0v) is 5.82. The van der Waals surface area contributed by atoms with Gasteiger partial charge in [0.1, 0.15) is 5.56 Å². The van der Waals surface area contributed by atoms with E-state index >= 15 is 0 Å². The molecule has 0 N–H and O–H groups in total. The van der Waals surface area contributed by atoms with E-state index in [1.165, 1.54) is 12.8 Å². The van der Waals surface area contributed by atoms with E-state index in [1.54, 1.807) is 0 Å². The summed E-state index contributed by atoms with van der Waals surface area (Å²) in [5.74, 6) is 0. The number of ether oxygens (including phenoxy) is 1. The zero-order valence-electron chi connectivity index (χ0n) is 5.06.